The lowest BCUT2D eigenvalue weighted by Crippen LogP contribution is -2.27. The zero-order valence-electron chi connectivity index (χ0n) is 24.5. The smallest absolute Gasteiger partial charge is 0.0633 e. The van der Waals surface area contributed by atoms with Gasteiger partial charge in [0.2, 0.25) is 0 Å². The Labute approximate surface area is 265 Å². The molecular weight excluding hydrogens is 565 g/mol. The highest BCUT2D eigenvalue weighted by Gasteiger charge is 2.36. The third kappa shape index (κ3) is 3.68. The predicted octanol–water partition coefficient (Wildman–Crippen LogP) is 11.5. The van der Waals surface area contributed by atoms with Crippen molar-refractivity contribution in [1.29, 1.82) is 0 Å². The van der Waals surface area contributed by atoms with Crippen LogP contribution in [0, 0.1) is 0 Å². The number of anilines is 2. The lowest BCUT2D eigenvalue weighted by molar-refractivity contribution is 0.832. The van der Waals surface area contributed by atoms with Gasteiger partial charge in [0, 0.05) is 53.6 Å². The maximum Gasteiger partial charge on any atom is 0.0633 e. The SMILES string of the molecule is C1=C(c2ccc3c(c2)c2ccccc2n3-c2ccccc2)C=C2c3ccccc3N(c3ccc4sc5ccccc5c4c3)C2C1. The maximum atomic E-state index is 2.57. The molecule has 10 rings (SSSR count). The molecule has 0 saturated carbocycles. The third-order valence-corrected chi connectivity index (χ3v) is 10.8. The van der Waals surface area contributed by atoms with Crippen molar-refractivity contribution >= 4 is 75.8 Å². The Hall–Kier alpha value is -5.38. The summed E-state index contributed by atoms with van der Waals surface area (Å²) < 4.78 is 5.08. The van der Waals surface area contributed by atoms with Crippen molar-refractivity contribution < 1.29 is 0 Å². The zero-order chi connectivity index (χ0) is 29.5. The fraction of sp³-hybridized carbons (Fsp3) is 0.0476. The molecule has 3 heterocycles. The molecule has 3 heteroatoms. The number of allylic oxidation sites excluding steroid dienone is 2. The van der Waals surface area contributed by atoms with Crippen LogP contribution in [0.2, 0.25) is 0 Å². The molecule has 6 aromatic carbocycles. The number of fused-ring (bicyclic) bond motifs is 9. The molecule has 1 atom stereocenters. The molecule has 45 heavy (non-hydrogen) atoms. The standard InChI is InChI=1S/C42H28N2S/c1-2-10-29(11-3-1)43-37-15-7-4-12-31(37)34-24-27(18-21-39(34)43)28-19-22-40-35(25-28)32-13-5-8-16-38(32)44(40)30-20-23-42-36(26-30)33-14-6-9-17-41(33)45-42/h1-21,23-26,40H,22H2. The number of rotatable bonds is 3. The van der Waals surface area contributed by atoms with Gasteiger partial charge in [-0.3, -0.25) is 0 Å². The summed E-state index contributed by atoms with van der Waals surface area (Å²) in [5, 5.41) is 5.27. The number of hydrogen-bond donors (Lipinski definition) is 0. The molecule has 0 fully saturated rings. The van der Waals surface area contributed by atoms with Crippen LogP contribution in [0.4, 0.5) is 11.4 Å². The van der Waals surface area contributed by atoms with Gasteiger partial charge in [0.05, 0.1) is 17.1 Å². The second kappa shape index (κ2) is 9.56. The van der Waals surface area contributed by atoms with E-state index in [9.17, 15) is 0 Å². The molecule has 1 unspecified atom stereocenters. The van der Waals surface area contributed by atoms with Gasteiger partial charge in [0.15, 0.2) is 0 Å². The Kier molecular flexibility index (Phi) is 5.31. The van der Waals surface area contributed by atoms with Gasteiger partial charge in [-0.2, -0.15) is 0 Å². The number of benzene rings is 6. The van der Waals surface area contributed by atoms with Crippen LogP contribution in [0.25, 0.3) is 58.8 Å². The molecule has 1 aliphatic heterocycles. The topological polar surface area (TPSA) is 8.17 Å². The van der Waals surface area contributed by atoms with Crippen molar-refractivity contribution in [2.45, 2.75) is 12.5 Å². The fourth-order valence-electron chi connectivity index (χ4n) is 7.68. The normalized spacial score (nSPS) is 15.9. The van der Waals surface area contributed by atoms with Crippen LogP contribution in [-0.2, 0) is 0 Å². The molecule has 8 aromatic rings. The Morgan fingerprint density at radius 2 is 1.31 bits per heavy atom. The molecule has 0 bridgehead atoms. The lowest BCUT2D eigenvalue weighted by Gasteiger charge is -2.29. The van der Waals surface area contributed by atoms with Gasteiger partial charge >= 0.3 is 0 Å². The first-order valence-electron chi connectivity index (χ1n) is 15.6. The summed E-state index contributed by atoms with van der Waals surface area (Å²) in [6, 6.07) is 51.5. The zero-order valence-corrected chi connectivity index (χ0v) is 25.3. The summed E-state index contributed by atoms with van der Waals surface area (Å²) in [6.45, 7) is 0. The largest absolute Gasteiger partial charge is 0.333 e. The van der Waals surface area contributed by atoms with Crippen molar-refractivity contribution in [3.8, 4) is 5.69 Å². The molecule has 0 radical (unpaired) electrons. The van der Waals surface area contributed by atoms with Crippen molar-refractivity contribution in [1.82, 2.24) is 4.57 Å². The van der Waals surface area contributed by atoms with Gasteiger partial charge in [-0.05, 0) is 89.9 Å². The van der Waals surface area contributed by atoms with Crippen LogP contribution in [-0.4, -0.2) is 10.6 Å². The molecule has 212 valence electrons. The van der Waals surface area contributed by atoms with Gasteiger partial charge in [0.25, 0.3) is 0 Å². The first-order valence-corrected chi connectivity index (χ1v) is 16.4. The number of thiophene rings is 1. The van der Waals surface area contributed by atoms with Crippen LogP contribution >= 0.6 is 11.3 Å². The van der Waals surface area contributed by atoms with Crippen LogP contribution in [0.3, 0.4) is 0 Å². The summed E-state index contributed by atoms with van der Waals surface area (Å²) in [4.78, 5) is 2.57. The number of aromatic nitrogens is 1. The van der Waals surface area contributed by atoms with E-state index in [2.05, 4.69) is 161 Å². The van der Waals surface area contributed by atoms with Crippen LogP contribution in [0.15, 0.2) is 152 Å². The highest BCUT2D eigenvalue weighted by Crippen LogP contribution is 2.50. The molecule has 1 aliphatic carbocycles. The third-order valence-electron chi connectivity index (χ3n) is 9.68. The average Bonchev–Trinajstić information content (AvgIpc) is 3.75. The lowest BCUT2D eigenvalue weighted by atomic mass is 9.89. The highest BCUT2D eigenvalue weighted by molar-refractivity contribution is 7.25. The fourth-order valence-corrected chi connectivity index (χ4v) is 8.76. The van der Waals surface area contributed by atoms with E-state index in [0.717, 1.165) is 6.42 Å². The van der Waals surface area contributed by atoms with E-state index in [0.29, 0.717) is 0 Å². The van der Waals surface area contributed by atoms with E-state index in [4.69, 9.17) is 0 Å². The second-order valence-electron chi connectivity index (χ2n) is 12.1. The van der Waals surface area contributed by atoms with Gasteiger partial charge in [-0.1, -0.05) is 84.9 Å². The Morgan fingerprint density at radius 1 is 0.556 bits per heavy atom. The van der Waals surface area contributed by atoms with E-state index in [-0.39, 0.29) is 6.04 Å². The van der Waals surface area contributed by atoms with E-state index in [1.165, 1.54) is 81.3 Å². The van der Waals surface area contributed by atoms with E-state index in [1.54, 1.807) is 0 Å². The number of hydrogen-bond acceptors (Lipinski definition) is 2. The molecule has 2 aromatic heterocycles. The number of nitrogens with zero attached hydrogens (tertiary/aromatic N) is 2. The Morgan fingerprint density at radius 3 is 2.24 bits per heavy atom. The first-order chi connectivity index (χ1) is 22.3. The molecule has 0 amide bonds. The van der Waals surface area contributed by atoms with Crippen LogP contribution < -0.4 is 4.90 Å². The Balaban J connectivity index is 1.09. The van der Waals surface area contributed by atoms with Gasteiger partial charge in [-0.15, -0.1) is 11.3 Å². The summed E-state index contributed by atoms with van der Waals surface area (Å²) in [6.07, 6.45) is 5.86. The summed E-state index contributed by atoms with van der Waals surface area (Å²) in [7, 11) is 0. The minimum Gasteiger partial charge on any atom is -0.333 e. The first kappa shape index (κ1) is 25.0. The molecule has 2 nitrogen and oxygen atoms in total. The number of para-hydroxylation sites is 3. The predicted molar refractivity (Wildman–Crippen MR) is 193 cm³/mol. The molecular formula is C42H28N2S. The van der Waals surface area contributed by atoms with Crippen molar-refractivity contribution in [3.05, 3.63) is 163 Å². The average molecular weight is 593 g/mol. The quantitative estimate of drug-likeness (QED) is 0.198. The van der Waals surface area contributed by atoms with E-state index >= 15 is 0 Å². The Bertz CT molecular complexity index is 2530. The summed E-state index contributed by atoms with van der Waals surface area (Å²) in [5.41, 5.74) is 11.5. The summed E-state index contributed by atoms with van der Waals surface area (Å²) in [5.74, 6) is 0. The van der Waals surface area contributed by atoms with Gasteiger partial charge in [-0.25, -0.2) is 0 Å². The van der Waals surface area contributed by atoms with Crippen molar-refractivity contribution in [3.63, 3.8) is 0 Å². The van der Waals surface area contributed by atoms with Gasteiger partial charge < -0.3 is 9.47 Å². The van der Waals surface area contributed by atoms with E-state index in [1.807, 2.05) is 11.3 Å². The molecule has 0 saturated heterocycles. The molecule has 2 aliphatic rings. The van der Waals surface area contributed by atoms with E-state index < -0.39 is 0 Å². The van der Waals surface area contributed by atoms with Gasteiger partial charge in [0.1, 0.15) is 0 Å². The van der Waals surface area contributed by atoms with Crippen LogP contribution in [0.1, 0.15) is 17.5 Å². The minimum absolute atomic E-state index is 0.275. The minimum atomic E-state index is 0.275. The monoisotopic (exact) mass is 592 g/mol. The van der Waals surface area contributed by atoms with Crippen molar-refractivity contribution in [2.24, 2.45) is 0 Å². The second-order valence-corrected chi connectivity index (χ2v) is 13.2. The van der Waals surface area contributed by atoms with Crippen molar-refractivity contribution in [2.75, 3.05) is 4.90 Å². The van der Waals surface area contributed by atoms with Crippen LogP contribution in [0.5, 0.6) is 0 Å². The molecule has 0 spiro atoms. The highest BCUT2D eigenvalue weighted by atomic mass is 32.1. The molecule has 0 N–H and O–H groups in total. The summed E-state index contributed by atoms with van der Waals surface area (Å²) >= 11 is 1.88. The maximum absolute atomic E-state index is 2.57.